The Morgan fingerprint density at radius 1 is 1.23 bits per heavy atom. The molecular weight excluding hydrogens is 444 g/mol. The molecule has 3 aromatic rings. The van der Waals surface area contributed by atoms with Crippen LogP contribution in [-0.4, -0.2) is 44.1 Å². The number of Topliss-reactive ketones (excluding diaryl/α,β-unsaturated/α-hetero) is 1. The van der Waals surface area contributed by atoms with Crippen molar-refractivity contribution in [2.24, 2.45) is 0 Å². The topological polar surface area (TPSA) is 93.6 Å². The number of rotatable bonds is 7. The molecule has 0 spiro atoms. The number of thiophene rings is 1. The third kappa shape index (κ3) is 4.03. The van der Waals surface area contributed by atoms with E-state index in [9.17, 15) is 18.0 Å². The highest BCUT2D eigenvalue weighted by molar-refractivity contribution is 7.92. The number of ketones is 1. The summed E-state index contributed by atoms with van der Waals surface area (Å²) in [5, 5.41) is 6.21. The summed E-state index contributed by atoms with van der Waals surface area (Å²) in [4.78, 5) is 29.0. The lowest BCUT2D eigenvalue weighted by molar-refractivity contribution is 0.0470. The Labute approximate surface area is 182 Å². The van der Waals surface area contributed by atoms with Crippen LogP contribution in [0.3, 0.4) is 0 Å². The molecule has 7 nitrogen and oxygen atoms in total. The smallest absolute Gasteiger partial charge is 0.358 e. The van der Waals surface area contributed by atoms with Crippen LogP contribution < -0.4 is 4.31 Å². The van der Waals surface area contributed by atoms with Crippen molar-refractivity contribution in [1.29, 1.82) is 0 Å². The van der Waals surface area contributed by atoms with Crippen LogP contribution in [0, 0.1) is 0 Å². The van der Waals surface area contributed by atoms with Gasteiger partial charge in [0, 0.05) is 28.4 Å². The summed E-state index contributed by atoms with van der Waals surface area (Å²) >= 11 is 2.88. The molecule has 10 heteroatoms. The van der Waals surface area contributed by atoms with E-state index in [0.29, 0.717) is 24.2 Å². The standard InChI is InChI=1S/C20H18N2O5S3/c1-2-30(25,26)22-7-5-13-9-14(3-4-17(13)22)18(23)10-27-20(24)16-12-29-19(21-16)15-6-8-28-11-15/h3-4,6,8-9,11-12H,2,5,7,10H2,1H3. The molecule has 1 aliphatic rings. The molecule has 30 heavy (non-hydrogen) atoms. The number of sulfonamides is 1. The molecule has 0 fully saturated rings. The first-order valence-corrected chi connectivity index (χ1v) is 12.6. The van der Waals surface area contributed by atoms with E-state index >= 15 is 0 Å². The number of carbonyl (C=O) groups excluding carboxylic acids is 2. The molecule has 0 N–H and O–H groups in total. The fourth-order valence-corrected chi connectivity index (χ4v) is 5.82. The zero-order valence-electron chi connectivity index (χ0n) is 16.0. The van der Waals surface area contributed by atoms with E-state index in [4.69, 9.17) is 4.74 Å². The SMILES string of the molecule is CCS(=O)(=O)N1CCc2cc(C(=O)COC(=O)c3csc(-c4ccsc4)n3)ccc21. The van der Waals surface area contributed by atoms with Crippen LogP contribution >= 0.6 is 22.7 Å². The fourth-order valence-electron chi connectivity index (χ4n) is 3.16. The summed E-state index contributed by atoms with van der Waals surface area (Å²) in [7, 11) is -3.34. The van der Waals surface area contributed by atoms with Gasteiger partial charge in [0.15, 0.2) is 18.1 Å². The molecule has 0 aliphatic carbocycles. The lowest BCUT2D eigenvalue weighted by Gasteiger charge is -2.18. The van der Waals surface area contributed by atoms with E-state index in [-0.39, 0.29) is 17.2 Å². The van der Waals surface area contributed by atoms with E-state index in [0.717, 1.165) is 16.1 Å². The van der Waals surface area contributed by atoms with Gasteiger partial charge in [-0.05, 0) is 48.6 Å². The molecule has 2 aromatic heterocycles. The van der Waals surface area contributed by atoms with Gasteiger partial charge in [-0.3, -0.25) is 9.10 Å². The maximum atomic E-state index is 12.5. The van der Waals surface area contributed by atoms with Gasteiger partial charge >= 0.3 is 5.97 Å². The Morgan fingerprint density at radius 3 is 2.80 bits per heavy atom. The molecule has 0 bridgehead atoms. The Kier molecular flexibility index (Phi) is 5.72. The van der Waals surface area contributed by atoms with Crippen molar-refractivity contribution in [3.05, 3.63) is 57.2 Å². The fraction of sp³-hybridized carbons (Fsp3) is 0.250. The normalized spacial score (nSPS) is 13.3. The summed E-state index contributed by atoms with van der Waals surface area (Å²) in [5.41, 5.74) is 2.90. The lowest BCUT2D eigenvalue weighted by atomic mass is 10.1. The Balaban J connectivity index is 1.41. The first-order chi connectivity index (χ1) is 14.4. The number of nitrogens with zero attached hydrogens (tertiary/aromatic N) is 2. The van der Waals surface area contributed by atoms with Crippen molar-refractivity contribution in [3.63, 3.8) is 0 Å². The predicted molar refractivity (Wildman–Crippen MR) is 117 cm³/mol. The number of benzene rings is 1. The predicted octanol–water partition coefficient (Wildman–Crippen LogP) is 3.62. The zero-order chi connectivity index (χ0) is 21.3. The molecule has 1 aromatic carbocycles. The Morgan fingerprint density at radius 2 is 2.07 bits per heavy atom. The molecule has 0 saturated heterocycles. The minimum absolute atomic E-state index is 0.0216. The van der Waals surface area contributed by atoms with Crippen LogP contribution in [0.2, 0.25) is 0 Å². The van der Waals surface area contributed by atoms with Gasteiger partial charge in [0.05, 0.1) is 11.4 Å². The maximum absolute atomic E-state index is 12.5. The van der Waals surface area contributed by atoms with E-state index < -0.39 is 22.6 Å². The number of carbonyl (C=O) groups is 2. The van der Waals surface area contributed by atoms with Crippen LogP contribution in [0.25, 0.3) is 10.6 Å². The number of aromatic nitrogens is 1. The molecule has 3 heterocycles. The lowest BCUT2D eigenvalue weighted by Crippen LogP contribution is -2.30. The van der Waals surface area contributed by atoms with Gasteiger partial charge in [-0.1, -0.05) is 0 Å². The van der Waals surface area contributed by atoms with Crippen LogP contribution in [0.4, 0.5) is 5.69 Å². The third-order valence-corrected chi connectivity index (χ3v) is 8.13. The summed E-state index contributed by atoms with van der Waals surface area (Å²) < 4.78 is 30.9. The van der Waals surface area contributed by atoms with Gasteiger partial charge in [-0.25, -0.2) is 18.2 Å². The first-order valence-electron chi connectivity index (χ1n) is 9.21. The molecule has 0 unspecified atom stereocenters. The van der Waals surface area contributed by atoms with Crippen molar-refractivity contribution in [2.75, 3.05) is 23.2 Å². The largest absolute Gasteiger partial charge is 0.453 e. The number of hydrogen-bond donors (Lipinski definition) is 0. The summed E-state index contributed by atoms with van der Waals surface area (Å²) in [6.07, 6.45) is 0.541. The van der Waals surface area contributed by atoms with Gasteiger partial charge in [-0.2, -0.15) is 11.3 Å². The molecule has 156 valence electrons. The average molecular weight is 463 g/mol. The number of fused-ring (bicyclic) bond motifs is 1. The van der Waals surface area contributed by atoms with E-state index in [2.05, 4.69) is 4.98 Å². The number of anilines is 1. The van der Waals surface area contributed by atoms with E-state index in [1.54, 1.807) is 41.8 Å². The van der Waals surface area contributed by atoms with Crippen molar-refractivity contribution < 1.29 is 22.7 Å². The number of esters is 1. The van der Waals surface area contributed by atoms with Crippen LogP contribution in [0.5, 0.6) is 0 Å². The molecule has 0 atom stereocenters. The minimum atomic E-state index is -3.34. The summed E-state index contributed by atoms with van der Waals surface area (Å²) in [6.45, 7) is 1.57. The highest BCUT2D eigenvalue weighted by Gasteiger charge is 2.28. The highest BCUT2D eigenvalue weighted by Crippen LogP contribution is 2.31. The summed E-state index contributed by atoms with van der Waals surface area (Å²) in [5.74, 6) is -0.980. The minimum Gasteiger partial charge on any atom is -0.453 e. The molecule has 4 rings (SSSR count). The van der Waals surface area contributed by atoms with Gasteiger partial charge in [-0.15, -0.1) is 11.3 Å². The van der Waals surface area contributed by atoms with E-state index in [1.165, 1.54) is 15.6 Å². The van der Waals surface area contributed by atoms with Gasteiger partial charge < -0.3 is 4.74 Å². The Bertz CT molecular complexity index is 1200. The quantitative estimate of drug-likeness (QED) is 0.393. The maximum Gasteiger partial charge on any atom is 0.358 e. The van der Waals surface area contributed by atoms with Crippen molar-refractivity contribution in [3.8, 4) is 10.6 Å². The third-order valence-electron chi connectivity index (χ3n) is 4.77. The van der Waals surface area contributed by atoms with Gasteiger partial charge in [0.1, 0.15) is 5.01 Å². The number of ether oxygens (including phenoxy) is 1. The number of hydrogen-bond acceptors (Lipinski definition) is 8. The van der Waals surface area contributed by atoms with Crippen LogP contribution in [-0.2, 0) is 21.2 Å². The number of thiazole rings is 1. The molecule has 0 saturated carbocycles. The Hall–Kier alpha value is -2.56. The van der Waals surface area contributed by atoms with Crippen molar-refractivity contribution >= 4 is 50.1 Å². The molecule has 1 aliphatic heterocycles. The molecular formula is C20H18N2O5S3. The second kappa shape index (κ2) is 8.29. The molecule has 0 amide bonds. The monoisotopic (exact) mass is 462 g/mol. The second-order valence-corrected chi connectivity index (χ2v) is 10.4. The van der Waals surface area contributed by atoms with Crippen molar-refractivity contribution in [1.82, 2.24) is 4.98 Å². The molecule has 0 radical (unpaired) electrons. The van der Waals surface area contributed by atoms with Gasteiger partial charge in [0.25, 0.3) is 0 Å². The second-order valence-electron chi connectivity index (χ2n) is 6.62. The summed E-state index contributed by atoms with van der Waals surface area (Å²) in [6, 6.07) is 6.80. The first kappa shape index (κ1) is 20.7. The van der Waals surface area contributed by atoms with Crippen molar-refractivity contribution in [2.45, 2.75) is 13.3 Å². The van der Waals surface area contributed by atoms with Gasteiger partial charge in [0.2, 0.25) is 10.0 Å². The highest BCUT2D eigenvalue weighted by atomic mass is 32.2. The van der Waals surface area contributed by atoms with Crippen LogP contribution in [0.1, 0.15) is 33.3 Å². The average Bonchev–Trinajstić information content (AvgIpc) is 3.50. The van der Waals surface area contributed by atoms with E-state index in [1.807, 2.05) is 16.8 Å². The zero-order valence-corrected chi connectivity index (χ0v) is 18.5. The van der Waals surface area contributed by atoms with Crippen LogP contribution in [0.15, 0.2) is 40.4 Å².